The Labute approximate surface area is 181 Å². The average Bonchev–Trinajstić information content (AvgIpc) is 3.23. The molecule has 4 aromatic rings. The van der Waals surface area contributed by atoms with Crippen LogP contribution in [0.1, 0.15) is 31.9 Å². The van der Waals surface area contributed by atoms with Crippen LogP contribution < -0.4 is 10.1 Å². The highest BCUT2D eigenvalue weighted by Gasteiger charge is 2.20. The van der Waals surface area contributed by atoms with Crippen LogP contribution in [0, 0.1) is 0 Å². The third kappa shape index (κ3) is 4.75. The van der Waals surface area contributed by atoms with Crippen molar-refractivity contribution in [2.45, 2.75) is 32.8 Å². The zero-order chi connectivity index (χ0) is 21.8. The van der Waals surface area contributed by atoms with Crippen molar-refractivity contribution < 1.29 is 14.4 Å². The van der Waals surface area contributed by atoms with E-state index in [1.807, 2.05) is 54.6 Å². The Morgan fingerprint density at radius 3 is 2.65 bits per heavy atom. The second-order valence-corrected chi connectivity index (χ2v) is 8.26. The van der Waals surface area contributed by atoms with Crippen molar-refractivity contribution in [2.24, 2.45) is 0 Å². The molecular formula is C25H25N3O3. The van der Waals surface area contributed by atoms with Crippen LogP contribution >= 0.6 is 0 Å². The van der Waals surface area contributed by atoms with Gasteiger partial charge in [0, 0.05) is 23.4 Å². The number of hydrogen-bond donors (Lipinski definition) is 2. The van der Waals surface area contributed by atoms with Crippen LogP contribution in [0.25, 0.3) is 11.3 Å². The number of anilines is 2. The lowest BCUT2D eigenvalue weighted by atomic mass is 9.86. The first-order valence-corrected chi connectivity index (χ1v) is 10.1. The number of aromatic nitrogens is 2. The zero-order valence-corrected chi connectivity index (χ0v) is 17.8. The van der Waals surface area contributed by atoms with E-state index in [1.54, 1.807) is 12.3 Å². The SMILES string of the molecule is CC(C)(C)c1ccccc1Oc1ncccc1Nc1cc(-c2cccc(CO)c2)no1. The molecular weight excluding hydrogens is 390 g/mol. The van der Waals surface area contributed by atoms with Gasteiger partial charge in [-0.25, -0.2) is 4.98 Å². The molecule has 0 amide bonds. The highest BCUT2D eigenvalue weighted by molar-refractivity contribution is 5.67. The van der Waals surface area contributed by atoms with Crippen molar-refractivity contribution in [1.82, 2.24) is 10.1 Å². The maximum atomic E-state index is 9.35. The molecule has 2 heterocycles. The lowest BCUT2D eigenvalue weighted by molar-refractivity contribution is 0.282. The summed E-state index contributed by atoms with van der Waals surface area (Å²) in [6, 6.07) is 21.0. The van der Waals surface area contributed by atoms with Crippen LogP contribution in [0.5, 0.6) is 11.6 Å². The second-order valence-electron chi connectivity index (χ2n) is 8.26. The number of benzene rings is 2. The summed E-state index contributed by atoms with van der Waals surface area (Å²) in [5.41, 5.74) is 4.04. The normalized spacial score (nSPS) is 11.4. The van der Waals surface area contributed by atoms with E-state index in [-0.39, 0.29) is 12.0 Å². The number of aliphatic hydroxyl groups is 1. The fraction of sp³-hybridized carbons (Fsp3) is 0.200. The molecule has 0 atom stereocenters. The van der Waals surface area contributed by atoms with Gasteiger partial charge in [0.05, 0.1) is 6.61 Å². The molecule has 158 valence electrons. The third-order valence-corrected chi connectivity index (χ3v) is 4.85. The minimum Gasteiger partial charge on any atom is -0.437 e. The summed E-state index contributed by atoms with van der Waals surface area (Å²) in [6.07, 6.45) is 1.69. The van der Waals surface area contributed by atoms with E-state index < -0.39 is 0 Å². The first kappa shape index (κ1) is 20.6. The van der Waals surface area contributed by atoms with E-state index in [4.69, 9.17) is 9.26 Å². The molecule has 0 spiro atoms. The summed E-state index contributed by atoms with van der Waals surface area (Å²) in [4.78, 5) is 4.41. The summed E-state index contributed by atoms with van der Waals surface area (Å²) in [6.45, 7) is 6.42. The smallest absolute Gasteiger partial charge is 0.243 e. The van der Waals surface area contributed by atoms with Crippen LogP contribution in [0.3, 0.4) is 0 Å². The van der Waals surface area contributed by atoms with Gasteiger partial charge in [0.25, 0.3) is 0 Å². The van der Waals surface area contributed by atoms with Gasteiger partial charge >= 0.3 is 0 Å². The van der Waals surface area contributed by atoms with Gasteiger partial charge in [-0.3, -0.25) is 0 Å². The van der Waals surface area contributed by atoms with Crippen molar-refractivity contribution in [1.29, 1.82) is 0 Å². The lowest BCUT2D eigenvalue weighted by Gasteiger charge is -2.22. The van der Waals surface area contributed by atoms with Gasteiger partial charge in [-0.15, -0.1) is 0 Å². The summed E-state index contributed by atoms with van der Waals surface area (Å²) >= 11 is 0. The molecule has 0 aliphatic rings. The van der Waals surface area contributed by atoms with Crippen LogP contribution in [0.2, 0.25) is 0 Å². The molecule has 0 fully saturated rings. The molecule has 31 heavy (non-hydrogen) atoms. The second kappa shape index (κ2) is 8.62. The predicted octanol–water partition coefficient (Wildman–Crippen LogP) is 6.06. The Balaban J connectivity index is 1.59. The number of nitrogens with one attached hydrogen (secondary N) is 1. The summed E-state index contributed by atoms with van der Waals surface area (Å²) in [7, 11) is 0. The van der Waals surface area contributed by atoms with Gasteiger partial charge in [-0.05, 0) is 35.2 Å². The van der Waals surface area contributed by atoms with E-state index in [9.17, 15) is 5.11 Å². The number of ether oxygens (including phenoxy) is 1. The topological polar surface area (TPSA) is 80.4 Å². The Kier molecular flexibility index (Phi) is 5.73. The summed E-state index contributed by atoms with van der Waals surface area (Å²) in [5, 5.41) is 16.7. The Morgan fingerprint density at radius 1 is 1.00 bits per heavy atom. The molecule has 0 aliphatic heterocycles. The lowest BCUT2D eigenvalue weighted by Crippen LogP contribution is -2.12. The van der Waals surface area contributed by atoms with Gasteiger partial charge in [0.15, 0.2) is 0 Å². The molecule has 0 unspecified atom stereocenters. The molecule has 0 saturated carbocycles. The first-order chi connectivity index (χ1) is 14.9. The number of aliphatic hydroxyl groups excluding tert-OH is 1. The van der Waals surface area contributed by atoms with Gasteiger partial charge in [0.1, 0.15) is 17.1 Å². The maximum Gasteiger partial charge on any atom is 0.243 e. The monoisotopic (exact) mass is 415 g/mol. The van der Waals surface area contributed by atoms with Crippen LogP contribution in [0.4, 0.5) is 11.6 Å². The van der Waals surface area contributed by atoms with Crippen molar-refractivity contribution >= 4 is 11.6 Å². The molecule has 2 aromatic carbocycles. The third-order valence-electron chi connectivity index (χ3n) is 4.85. The summed E-state index contributed by atoms with van der Waals surface area (Å²) < 4.78 is 11.7. The minimum absolute atomic E-state index is 0.0246. The molecule has 0 saturated heterocycles. The fourth-order valence-electron chi connectivity index (χ4n) is 3.28. The molecule has 4 rings (SSSR count). The van der Waals surface area contributed by atoms with Gasteiger partial charge in [0.2, 0.25) is 11.8 Å². The number of hydrogen-bond acceptors (Lipinski definition) is 6. The van der Waals surface area contributed by atoms with Gasteiger partial charge in [-0.2, -0.15) is 0 Å². The summed E-state index contributed by atoms with van der Waals surface area (Å²) in [5.74, 6) is 1.67. The molecule has 0 radical (unpaired) electrons. The molecule has 6 nitrogen and oxygen atoms in total. The Hall–Kier alpha value is -3.64. The van der Waals surface area contributed by atoms with E-state index in [1.165, 1.54) is 0 Å². The van der Waals surface area contributed by atoms with E-state index >= 15 is 0 Å². The average molecular weight is 415 g/mol. The van der Waals surface area contributed by atoms with Crippen LogP contribution in [-0.2, 0) is 12.0 Å². The molecule has 0 aliphatic carbocycles. The Morgan fingerprint density at radius 2 is 1.84 bits per heavy atom. The Bertz CT molecular complexity index is 1180. The minimum atomic E-state index is -0.0676. The van der Waals surface area contributed by atoms with Gasteiger partial charge < -0.3 is 19.7 Å². The van der Waals surface area contributed by atoms with Crippen molar-refractivity contribution in [3.63, 3.8) is 0 Å². The molecule has 0 bridgehead atoms. The van der Waals surface area contributed by atoms with Crippen molar-refractivity contribution in [3.8, 4) is 22.9 Å². The van der Waals surface area contributed by atoms with Crippen LogP contribution in [0.15, 0.2) is 77.4 Å². The quantitative estimate of drug-likeness (QED) is 0.398. The molecule has 6 heteroatoms. The zero-order valence-electron chi connectivity index (χ0n) is 17.8. The number of pyridine rings is 1. The highest BCUT2D eigenvalue weighted by Crippen LogP contribution is 2.36. The highest BCUT2D eigenvalue weighted by atomic mass is 16.5. The first-order valence-electron chi connectivity index (χ1n) is 10.1. The number of para-hydroxylation sites is 1. The largest absolute Gasteiger partial charge is 0.437 e. The predicted molar refractivity (Wildman–Crippen MR) is 121 cm³/mol. The van der Waals surface area contributed by atoms with Crippen LogP contribution in [-0.4, -0.2) is 15.2 Å². The van der Waals surface area contributed by atoms with E-state index in [0.29, 0.717) is 23.1 Å². The van der Waals surface area contributed by atoms with Crippen molar-refractivity contribution in [3.05, 3.63) is 84.1 Å². The molecule has 2 aromatic heterocycles. The molecule has 2 N–H and O–H groups in total. The van der Waals surface area contributed by atoms with Crippen molar-refractivity contribution in [2.75, 3.05) is 5.32 Å². The maximum absolute atomic E-state index is 9.35. The standard InChI is InChI=1S/C25H25N3O3/c1-25(2,3)19-10-4-5-12-22(19)30-24-20(11-7-13-26-24)27-23-15-21(28-31-23)18-9-6-8-17(14-18)16-29/h4-15,27,29H,16H2,1-3H3. The number of nitrogens with zero attached hydrogens (tertiary/aromatic N) is 2. The fourth-order valence-corrected chi connectivity index (χ4v) is 3.28. The number of rotatable bonds is 6. The van der Waals surface area contributed by atoms with Gasteiger partial charge in [-0.1, -0.05) is 62.3 Å². The van der Waals surface area contributed by atoms with E-state index in [0.717, 1.165) is 22.4 Å². The van der Waals surface area contributed by atoms with E-state index in [2.05, 4.69) is 42.3 Å².